The van der Waals surface area contributed by atoms with E-state index in [0.717, 1.165) is 74.1 Å². The van der Waals surface area contributed by atoms with Crippen molar-refractivity contribution in [1.82, 2.24) is 9.88 Å². The maximum Gasteiger partial charge on any atom is 0.185 e. The summed E-state index contributed by atoms with van der Waals surface area (Å²) in [5.74, 6) is 2.00. The Bertz CT molecular complexity index is 1070. The number of aromatic nitrogens is 1. The summed E-state index contributed by atoms with van der Waals surface area (Å²) in [7, 11) is 0. The lowest BCUT2D eigenvalue weighted by Gasteiger charge is -2.40. The molecule has 2 N–H and O–H groups in total. The van der Waals surface area contributed by atoms with Crippen molar-refractivity contribution in [1.29, 1.82) is 0 Å². The Kier molecular flexibility index (Phi) is 7.77. The molecule has 1 atom stereocenters. The van der Waals surface area contributed by atoms with E-state index in [1.807, 2.05) is 13.8 Å². The fourth-order valence-corrected chi connectivity index (χ4v) is 5.78. The molecule has 0 aliphatic carbocycles. The predicted octanol–water partition coefficient (Wildman–Crippen LogP) is 3.83. The lowest BCUT2D eigenvalue weighted by atomic mass is 9.89. The Labute approximate surface area is 211 Å². The van der Waals surface area contributed by atoms with Crippen LogP contribution in [0, 0.1) is 0 Å². The lowest BCUT2D eigenvalue weighted by molar-refractivity contribution is -0.165. The van der Waals surface area contributed by atoms with Crippen molar-refractivity contribution >= 4 is 23.5 Å². The summed E-state index contributed by atoms with van der Waals surface area (Å²) in [5, 5.41) is 0.806. The number of nitrogens with zero attached hydrogens (tertiary/aromatic N) is 4. The van der Waals surface area contributed by atoms with Crippen LogP contribution in [-0.2, 0) is 15.9 Å². The average Bonchev–Trinajstić information content (AvgIpc) is 3.17. The number of thiazole rings is 1. The van der Waals surface area contributed by atoms with Gasteiger partial charge in [-0.2, -0.15) is 0 Å². The van der Waals surface area contributed by atoms with E-state index >= 15 is 0 Å². The Balaban J connectivity index is 1.27. The van der Waals surface area contributed by atoms with E-state index in [9.17, 15) is 0 Å². The summed E-state index contributed by atoms with van der Waals surface area (Å²) in [5.41, 5.74) is 8.97. The molecule has 0 radical (unpaired) electrons. The number of benzene rings is 1. The Hall–Kier alpha value is -2.33. The molecule has 1 aromatic heterocycles. The number of hydrogen-bond acceptors (Lipinski definition) is 7. The van der Waals surface area contributed by atoms with Crippen molar-refractivity contribution in [2.24, 2.45) is 15.7 Å². The van der Waals surface area contributed by atoms with E-state index in [0.29, 0.717) is 18.4 Å². The largest absolute Gasteiger partial charge is 0.493 e. The Morgan fingerprint density at radius 2 is 2.20 bits per heavy atom. The number of amidine groups is 1. The minimum Gasteiger partial charge on any atom is -0.493 e. The van der Waals surface area contributed by atoms with Gasteiger partial charge in [-0.25, -0.2) is 9.98 Å². The molecule has 3 aliphatic rings. The van der Waals surface area contributed by atoms with E-state index in [-0.39, 0.29) is 12.3 Å². The normalized spacial score (nSPS) is 21.5. The molecule has 2 fully saturated rings. The molecule has 4 heterocycles. The second-order valence-corrected chi connectivity index (χ2v) is 10.7. The van der Waals surface area contributed by atoms with E-state index in [1.165, 1.54) is 23.2 Å². The molecule has 9 heteroatoms. The highest BCUT2D eigenvalue weighted by atomic mass is 32.1. The molecule has 5 rings (SSSR count). The van der Waals surface area contributed by atoms with Gasteiger partial charge >= 0.3 is 0 Å². The van der Waals surface area contributed by atoms with Crippen LogP contribution in [0.3, 0.4) is 0 Å². The van der Waals surface area contributed by atoms with E-state index < -0.39 is 0 Å². The van der Waals surface area contributed by atoms with Crippen LogP contribution in [0.15, 0.2) is 28.2 Å². The van der Waals surface area contributed by atoms with E-state index in [2.05, 4.69) is 33.1 Å². The monoisotopic (exact) mass is 497 g/mol. The van der Waals surface area contributed by atoms with Crippen molar-refractivity contribution in [3.63, 3.8) is 0 Å². The summed E-state index contributed by atoms with van der Waals surface area (Å²) < 4.78 is 17.6. The van der Waals surface area contributed by atoms with Gasteiger partial charge in [-0.15, -0.1) is 11.3 Å². The molecule has 8 nitrogen and oxygen atoms in total. The number of ether oxygens (including phenoxy) is 3. The highest BCUT2D eigenvalue weighted by Gasteiger charge is 2.30. The zero-order valence-electron chi connectivity index (χ0n) is 20.6. The van der Waals surface area contributed by atoms with Gasteiger partial charge < -0.3 is 19.9 Å². The molecule has 0 amide bonds. The molecular formula is C26H35N5O3S. The summed E-state index contributed by atoms with van der Waals surface area (Å²) in [6, 6.07) is 6.69. The van der Waals surface area contributed by atoms with Crippen LogP contribution in [0.5, 0.6) is 5.75 Å². The van der Waals surface area contributed by atoms with Gasteiger partial charge in [0, 0.05) is 55.1 Å². The lowest BCUT2D eigenvalue weighted by Crippen LogP contribution is -2.46. The maximum atomic E-state index is 6.07. The number of aliphatic imine (C=N–C) groups is 2. The topological polar surface area (TPSA) is 94.6 Å². The quantitative estimate of drug-likeness (QED) is 0.462. The molecule has 0 saturated carbocycles. The van der Waals surface area contributed by atoms with Crippen LogP contribution in [0.1, 0.15) is 54.5 Å². The summed E-state index contributed by atoms with van der Waals surface area (Å²) in [6.07, 6.45) is 5.47. The van der Waals surface area contributed by atoms with Gasteiger partial charge in [0.1, 0.15) is 5.75 Å². The molecule has 2 aromatic rings. The average molecular weight is 498 g/mol. The zero-order chi connectivity index (χ0) is 24.2. The highest BCUT2D eigenvalue weighted by molar-refractivity contribution is 7.14. The summed E-state index contributed by atoms with van der Waals surface area (Å²) >= 11 is 1.63. The van der Waals surface area contributed by atoms with Crippen LogP contribution in [0.25, 0.3) is 11.3 Å². The van der Waals surface area contributed by atoms with Crippen LogP contribution in [0.4, 0.5) is 0 Å². The van der Waals surface area contributed by atoms with Gasteiger partial charge in [0.05, 0.1) is 25.2 Å². The van der Waals surface area contributed by atoms with Crippen LogP contribution < -0.4 is 10.5 Å². The molecule has 35 heavy (non-hydrogen) atoms. The third-order valence-electron chi connectivity index (χ3n) is 6.59. The van der Waals surface area contributed by atoms with Crippen LogP contribution in [-0.4, -0.2) is 73.8 Å². The minimum atomic E-state index is -0.00996. The molecule has 0 spiro atoms. The van der Waals surface area contributed by atoms with E-state index in [4.69, 9.17) is 24.9 Å². The Morgan fingerprint density at radius 3 is 2.97 bits per heavy atom. The van der Waals surface area contributed by atoms with E-state index in [1.54, 1.807) is 11.3 Å². The van der Waals surface area contributed by atoms with Crippen molar-refractivity contribution in [3.05, 3.63) is 33.6 Å². The maximum absolute atomic E-state index is 6.07. The SMILES string of the molecule is CC(C)N=C(N=CN)c1nc2c(s1)CCOc1ccc(C3CN(CCOC4CCCCO4)C3)cc1-2. The molecule has 188 valence electrons. The first-order valence-electron chi connectivity index (χ1n) is 12.7. The predicted molar refractivity (Wildman–Crippen MR) is 140 cm³/mol. The number of hydrogen-bond donors (Lipinski definition) is 1. The second-order valence-electron chi connectivity index (χ2n) is 9.59. The van der Waals surface area contributed by atoms with Crippen LogP contribution in [0.2, 0.25) is 0 Å². The Morgan fingerprint density at radius 1 is 1.31 bits per heavy atom. The molecular weight excluding hydrogens is 462 g/mol. The van der Waals surface area contributed by atoms with Gasteiger partial charge in [-0.05, 0) is 50.8 Å². The molecule has 0 bridgehead atoms. The van der Waals surface area contributed by atoms with Gasteiger partial charge in [-0.1, -0.05) is 6.07 Å². The first kappa shape index (κ1) is 24.4. The first-order valence-corrected chi connectivity index (χ1v) is 13.5. The third-order valence-corrected chi connectivity index (χ3v) is 7.70. The number of rotatable bonds is 7. The highest BCUT2D eigenvalue weighted by Crippen LogP contribution is 2.40. The number of nitrogens with two attached hydrogens (primary N) is 1. The van der Waals surface area contributed by atoms with Gasteiger partial charge in [-0.3, -0.25) is 9.89 Å². The first-order chi connectivity index (χ1) is 17.1. The second kappa shape index (κ2) is 11.2. The smallest absolute Gasteiger partial charge is 0.185 e. The summed E-state index contributed by atoms with van der Waals surface area (Å²) in [4.78, 5) is 17.5. The van der Waals surface area contributed by atoms with Crippen molar-refractivity contribution in [2.75, 3.05) is 39.5 Å². The van der Waals surface area contributed by atoms with Gasteiger partial charge in [0.15, 0.2) is 17.1 Å². The van der Waals surface area contributed by atoms with Crippen molar-refractivity contribution < 1.29 is 14.2 Å². The number of fused-ring (bicyclic) bond motifs is 3. The standard InChI is InChI=1S/C26H35N5O3S/c1-17(2)29-25(28-16-27)26-30-24-20-13-18(6-7-21(20)32-11-8-22(24)35-26)19-14-31(15-19)9-12-34-23-5-3-4-10-33-23/h6-7,13,16-17,19,23H,3-5,8-12,14-15H2,1-2H3,(H2,27,28,29). The molecule has 3 aliphatic heterocycles. The number of likely N-dealkylation sites (tertiary alicyclic amines) is 1. The molecule has 1 unspecified atom stereocenters. The third kappa shape index (κ3) is 5.74. The van der Waals surface area contributed by atoms with Gasteiger partial charge in [0.2, 0.25) is 0 Å². The zero-order valence-corrected chi connectivity index (χ0v) is 21.4. The summed E-state index contributed by atoms with van der Waals surface area (Å²) in [6.45, 7) is 9.28. The van der Waals surface area contributed by atoms with Crippen molar-refractivity contribution in [2.45, 2.75) is 57.8 Å². The molecule has 2 saturated heterocycles. The molecule has 1 aromatic carbocycles. The van der Waals surface area contributed by atoms with Gasteiger partial charge in [0.25, 0.3) is 0 Å². The van der Waals surface area contributed by atoms with Crippen molar-refractivity contribution in [3.8, 4) is 17.0 Å². The van der Waals surface area contributed by atoms with Crippen LogP contribution >= 0.6 is 11.3 Å². The fourth-order valence-electron chi connectivity index (χ4n) is 4.77. The minimum absolute atomic E-state index is 0.00996. The fraction of sp³-hybridized carbons (Fsp3) is 0.577.